The van der Waals surface area contributed by atoms with E-state index in [-0.39, 0.29) is 29.4 Å². The summed E-state index contributed by atoms with van der Waals surface area (Å²) in [7, 11) is -2.98. The highest BCUT2D eigenvalue weighted by Crippen LogP contribution is 2.29. The van der Waals surface area contributed by atoms with Crippen molar-refractivity contribution in [2.24, 2.45) is 0 Å². The van der Waals surface area contributed by atoms with Crippen molar-refractivity contribution >= 4 is 21.7 Å². The van der Waals surface area contributed by atoms with Crippen LogP contribution in [-0.2, 0) is 14.6 Å². The zero-order valence-electron chi connectivity index (χ0n) is 16.8. The largest absolute Gasteiger partial charge is 0.450 e. The predicted octanol–water partition coefficient (Wildman–Crippen LogP) is 1.42. The molecule has 0 radical (unpaired) electrons. The zero-order valence-corrected chi connectivity index (χ0v) is 17.6. The average molecular weight is 412 g/mol. The van der Waals surface area contributed by atoms with Crippen molar-refractivity contribution in [1.82, 2.24) is 14.4 Å². The molecule has 1 amide bonds. The standard InChI is InChI=1S/C19H29N3O5S/c1-4-27-19(24)21-8-6-20(7-9-21)12-18(23)17-11-14(2)22(15(17)3)16-5-10-28(25,26)13-16/h11,16H,4-10,12-13H2,1-3H3/t16-/m0/s1. The van der Waals surface area contributed by atoms with E-state index < -0.39 is 9.84 Å². The number of amides is 1. The van der Waals surface area contributed by atoms with Crippen LogP contribution in [0.4, 0.5) is 4.79 Å². The summed E-state index contributed by atoms with van der Waals surface area (Å²) in [4.78, 5) is 28.4. The molecule has 3 rings (SSSR count). The molecular formula is C19H29N3O5S. The number of piperazine rings is 1. The van der Waals surface area contributed by atoms with Crippen LogP contribution in [0.1, 0.15) is 41.1 Å². The van der Waals surface area contributed by atoms with E-state index in [4.69, 9.17) is 4.74 Å². The fourth-order valence-corrected chi connectivity index (χ4v) is 5.89. The van der Waals surface area contributed by atoms with Gasteiger partial charge in [-0.2, -0.15) is 0 Å². The Morgan fingerprint density at radius 1 is 1.18 bits per heavy atom. The molecule has 1 aromatic rings. The Kier molecular flexibility index (Phi) is 6.14. The van der Waals surface area contributed by atoms with Gasteiger partial charge in [0.05, 0.1) is 24.7 Å². The van der Waals surface area contributed by atoms with E-state index in [2.05, 4.69) is 0 Å². The monoisotopic (exact) mass is 411 g/mol. The van der Waals surface area contributed by atoms with Gasteiger partial charge in [0.15, 0.2) is 15.6 Å². The first-order valence-electron chi connectivity index (χ1n) is 9.78. The summed E-state index contributed by atoms with van der Waals surface area (Å²) in [6, 6.07) is 1.79. The van der Waals surface area contributed by atoms with Gasteiger partial charge >= 0.3 is 6.09 Å². The minimum absolute atomic E-state index is 0.0322. The second-order valence-corrected chi connectivity index (χ2v) is 9.83. The first-order valence-corrected chi connectivity index (χ1v) is 11.6. The molecule has 28 heavy (non-hydrogen) atoms. The van der Waals surface area contributed by atoms with Crippen LogP contribution in [0.5, 0.6) is 0 Å². The Labute approximate surface area is 166 Å². The molecule has 156 valence electrons. The third kappa shape index (κ3) is 4.41. The summed E-state index contributed by atoms with van der Waals surface area (Å²) in [6.45, 7) is 8.60. The van der Waals surface area contributed by atoms with E-state index in [1.807, 2.05) is 29.4 Å². The van der Waals surface area contributed by atoms with Crippen molar-refractivity contribution < 1.29 is 22.7 Å². The molecule has 0 spiro atoms. The first kappa shape index (κ1) is 20.9. The maximum absolute atomic E-state index is 12.9. The molecule has 0 unspecified atom stereocenters. The predicted molar refractivity (Wildman–Crippen MR) is 106 cm³/mol. The zero-order chi connectivity index (χ0) is 20.5. The van der Waals surface area contributed by atoms with Crippen LogP contribution < -0.4 is 0 Å². The van der Waals surface area contributed by atoms with Crippen molar-refractivity contribution in [3.05, 3.63) is 23.0 Å². The number of sulfone groups is 1. The summed E-state index contributed by atoms with van der Waals surface area (Å²) in [5.41, 5.74) is 2.43. The molecule has 2 saturated heterocycles. The number of hydrogen-bond donors (Lipinski definition) is 0. The highest BCUT2D eigenvalue weighted by Gasteiger charge is 2.32. The molecule has 9 heteroatoms. The minimum atomic E-state index is -2.98. The fourth-order valence-electron chi connectivity index (χ4n) is 4.19. The van der Waals surface area contributed by atoms with Gasteiger partial charge in [-0.25, -0.2) is 13.2 Å². The number of carbonyl (C=O) groups is 2. The molecule has 2 fully saturated rings. The lowest BCUT2D eigenvalue weighted by molar-refractivity contribution is 0.0733. The molecule has 1 atom stereocenters. The van der Waals surface area contributed by atoms with Crippen molar-refractivity contribution in [2.75, 3.05) is 50.8 Å². The molecule has 1 aromatic heterocycles. The first-order chi connectivity index (χ1) is 13.2. The number of ether oxygens (including phenoxy) is 1. The van der Waals surface area contributed by atoms with E-state index in [0.717, 1.165) is 11.4 Å². The maximum atomic E-state index is 12.9. The molecule has 3 heterocycles. The molecule has 0 aliphatic carbocycles. The molecule has 2 aliphatic rings. The maximum Gasteiger partial charge on any atom is 0.409 e. The van der Waals surface area contributed by atoms with E-state index in [0.29, 0.717) is 51.3 Å². The molecule has 0 aromatic carbocycles. The van der Waals surface area contributed by atoms with Crippen molar-refractivity contribution in [3.63, 3.8) is 0 Å². The summed E-state index contributed by atoms with van der Waals surface area (Å²) in [6.07, 6.45) is 0.297. The summed E-state index contributed by atoms with van der Waals surface area (Å²) < 4.78 is 30.7. The number of nitrogens with zero attached hydrogens (tertiary/aromatic N) is 3. The second-order valence-electron chi connectivity index (χ2n) is 7.60. The van der Waals surface area contributed by atoms with Crippen LogP contribution in [-0.4, -0.2) is 85.5 Å². The van der Waals surface area contributed by atoms with Gasteiger partial charge in [0.25, 0.3) is 0 Å². The number of aromatic nitrogens is 1. The number of hydrogen-bond acceptors (Lipinski definition) is 6. The van der Waals surface area contributed by atoms with E-state index in [1.54, 1.807) is 11.8 Å². The van der Waals surface area contributed by atoms with E-state index >= 15 is 0 Å². The molecular weight excluding hydrogens is 382 g/mol. The van der Waals surface area contributed by atoms with Gasteiger partial charge in [0, 0.05) is 49.2 Å². The van der Waals surface area contributed by atoms with Crippen molar-refractivity contribution in [1.29, 1.82) is 0 Å². The van der Waals surface area contributed by atoms with Crippen LogP contribution in [0.25, 0.3) is 0 Å². The Morgan fingerprint density at radius 2 is 1.86 bits per heavy atom. The highest BCUT2D eigenvalue weighted by atomic mass is 32.2. The molecule has 8 nitrogen and oxygen atoms in total. The summed E-state index contributed by atoms with van der Waals surface area (Å²) >= 11 is 0. The van der Waals surface area contributed by atoms with Gasteiger partial charge < -0.3 is 14.2 Å². The van der Waals surface area contributed by atoms with Gasteiger partial charge in [-0.3, -0.25) is 9.69 Å². The third-order valence-corrected chi connectivity index (χ3v) is 7.37. The Balaban J connectivity index is 1.63. The lowest BCUT2D eigenvalue weighted by Gasteiger charge is -2.33. The number of ketones is 1. The lowest BCUT2D eigenvalue weighted by atomic mass is 10.1. The Hall–Kier alpha value is -1.87. The summed E-state index contributed by atoms with van der Waals surface area (Å²) in [5, 5.41) is 0. The fraction of sp³-hybridized carbons (Fsp3) is 0.684. The topological polar surface area (TPSA) is 88.9 Å². The van der Waals surface area contributed by atoms with Crippen molar-refractivity contribution in [3.8, 4) is 0 Å². The van der Waals surface area contributed by atoms with Crippen LogP contribution in [0, 0.1) is 13.8 Å². The number of aryl methyl sites for hydroxylation is 1. The van der Waals surface area contributed by atoms with Gasteiger partial charge in [0.1, 0.15) is 0 Å². The molecule has 0 N–H and O–H groups in total. The van der Waals surface area contributed by atoms with E-state index in [9.17, 15) is 18.0 Å². The molecule has 0 saturated carbocycles. The van der Waals surface area contributed by atoms with Gasteiger partial charge in [-0.1, -0.05) is 0 Å². The quantitative estimate of drug-likeness (QED) is 0.681. The summed E-state index contributed by atoms with van der Waals surface area (Å²) in [5.74, 6) is 0.389. The van der Waals surface area contributed by atoms with Crippen LogP contribution in [0.2, 0.25) is 0 Å². The normalized spacial score (nSPS) is 22.4. The van der Waals surface area contributed by atoms with E-state index in [1.165, 1.54) is 0 Å². The van der Waals surface area contributed by atoms with Crippen molar-refractivity contribution in [2.45, 2.75) is 33.2 Å². The number of Topliss-reactive ketones (excluding diaryl/α,β-unsaturated/α-hetero) is 1. The number of carbonyl (C=O) groups excluding carboxylic acids is 2. The third-order valence-electron chi connectivity index (χ3n) is 5.62. The molecule has 2 aliphatic heterocycles. The van der Waals surface area contributed by atoms with Crippen LogP contribution in [0.3, 0.4) is 0 Å². The molecule has 0 bridgehead atoms. The minimum Gasteiger partial charge on any atom is -0.450 e. The Bertz CT molecular complexity index is 853. The Morgan fingerprint density at radius 3 is 2.43 bits per heavy atom. The second kappa shape index (κ2) is 8.24. The van der Waals surface area contributed by atoms with Crippen LogP contribution in [0.15, 0.2) is 6.07 Å². The van der Waals surface area contributed by atoms with Gasteiger partial charge in [-0.05, 0) is 33.3 Å². The highest BCUT2D eigenvalue weighted by molar-refractivity contribution is 7.91. The SMILES string of the molecule is CCOC(=O)N1CCN(CC(=O)c2cc(C)n([C@H]3CCS(=O)(=O)C3)c2C)CC1. The van der Waals surface area contributed by atoms with Gasteiger partial charge in [0.2, 0.25) is 0 Å². The number of rotatable bonds is 5. The smallest absolute Gasteiger partial charge is 0.409 e. The average Bonchev–Trinajstić information content (AvgIpc) is 3.14. The van der Waals surface area contributed by atoms with Crippen LogP contribution >= 0.6 is 0 Å². The van der Waals surface area contributed by atoms with Gasteiger partial charge in [-0.15, -0.1) is 0 Å². The lowest BCUT2D eigenvalue weighted by Crippen LogP contribution is -2.50.